The van der Waals surface area contributed by atoms with E-state index in [4.69, 9.17) is 4.42 Å². The predicted molar refractivity (Wildman–Crippen MR) is 102 cm³/mol. The number of benzene rings is 2. The minimum Gasteiger partial charge on any atom is -0.423 e. The van der Waals surface area contributed by atoms with E-state index in [-0.39, 0.29) is 5.03 Å². The lowest BCUT2D eigenvalue weighted by molar-refractivity contribution is 0.561. The van der Waals surface area contributed by atoms with E-state index in [0.29, 0.717) is 22.4 Å². The molecule has 0 saturated carbocycles. The van der Waals surface area contributed by atoms with Gasteiger partial charge in [0.1, 0.15) is 5.58 Å². The standard InChI is InChI=1S/C19H15N3O4S/c1-22-18(12-16(20-22)13-5-3-2-4-6-13)27(24,25)21-15-8-9-17-14(11-15)7-10-19(23)26-17/h2-12,21H,1H3. The van der Waals surface area contributed by atoms with Gasteiger partial charge in [0.05, 0.1) is 5.69 Å². The molecule has 0 radical (unpaired) electrons. The Morgan fingerprint density at radius 2 is 1.78 bits per heavy atom. The van der Waals surface area contributed by atoms with Crippen LogP contribution in [0.2, 0.25) is 0 Å². The molecule has 0 aliphatic carbocycles. The molecule has 7 nitrogen and oxygen atoms in total. The number of fused-ring (bicyclic) bond motifs is 1. The summed E-state index contributed by atoms with van der Waals surface area (Å²) >= 11 is 0. The molecule has 8 heteroatoms. The molecule has 0 spiro atoms. The van der Waals surface area contributed by atoms with Gasteiger partial charge in [-0.25, -0.2) is 4.79 Å². The van der Waals surface area contributed by atoms with E-state index in [1.165, 1.54) is 22.9 Å². The highest BCUT2D eigenvalue weighted by molar-refractivity contribution is 7.92. The van der Waals surface area contributed by atoms with E-state index in [2.05, 4.69) is 9.82 Å². The van der Waals surface area contributed by atoms with Crippen molar-refractivity contribution in [2.24, 2.45) is 7.05 Å². The number of hydrogen-bond acceptors (Lipinski definition) is 5. The molecule has 2 aromatic heterocycles. The van der Waals surface area contributed by atoms with Crippen LogP contribution in [-0.2, 0) is 17.1 Å². The quantitative estimate of drug-likeness (QED) is 0.549. The number of aryl methyl sites for hydroxylation is 1. The Morgan fingerprint density at radius 1 is 1.00 bits per heavy atom. The first-order valence-electron chi connectivity index (χ1n) is 8.09. The van der Waals surface area contributed by atoms with Crippen LogP contribution in [0.1, 0.15) is 0 Å². The number of nitrogens with zero attached hydrogens (tertiary/aromatic N) is 2. The van der Waals surface area contributed by atoms with Crippen molar-refractivity contribution in [1.82, 2.24) is 9.78 Å². The fourth-order valence-electron chi connectivity index (χ4n) is 2.79. The second kappa shape index (κ2) is 6.40. The Morgan fingerprint density at radius 3 is 2.56 bits per heavy atom. The van der Waals surface area contributed by atoms with Crippen LogP contribution < -0.4 is 10.3 Å². The molecule has 0 amide bonds. The van der Waals surface area contributed by atoms with Gasteiger partial charge in [-0.05, 0) is 24.3 Å². The van der Waals surface area contributed by atoms with E-state index < -0.39 is 15.6 Å². The first-order chi connectivity index (χ1) is 12.9. The molecular weight excluding hydrogens is 366 g/mol. The number of aromatic nitrogens is 2. The summed E-state index contributed by atoms with van der Waals surface area (Å²) in [6.45, 7) is 0. The molecule has 0 aliphatic rings. The molecule has 0 aliphatic heterocycles. The first kappa shape index (κ1) is 17.0. The summed E-state index contributed by atoms with van der Waals surface area (Å²) in [5.74, 6) is 0. The lowest BCUT2D eigenvalue weighted by Gasteiger charge is -2.08. The van der Waals surface area contributed by atoms with Crippen molar-refractivity contribution in [1.29, 1.82) is 0 Å². The van der Waals surface area contributed by atoms with Gasteiger partial charge in [0.25, 0.3) is 10.0 Å². The van der Waals surface area contributed by atoms with Gasteiger partial charge < -0.3 is 4.42 Å². The summed E-state index contributed by atoms with van der Waals surface area (Å²) in [7, 11) is -2.27. The van der Waals surface area contributed by atoms with Crippen molar-refractivity contribution in [2.75, 3.05) is 4.72 Å². The number of anilines is 1. The predicted octanol–water partition coefficient (Wildman–Crippen LogP) is 2.99. The fraction of sp³-hybridized carbons (Fsp3) is 0.0526. The fourth-order valence-corrected chi connectivity index (χ4v) is 3.99. The average molecular weight is 381 g/mol. The van der Waals surface area contributed by atoms with Crippen LogP contribution in [0.5, 0.6) is 0 Å². The maximum absolute atomic E-state index is 12.8. The SMILES string of the molecule is Cn1nc(-c2ccccc2)cc1S(=O)(=O)Nc1ccc2oc(=O)ccc2c1. The molecular formula is C19H15N3O4S. The van der Waals surface area contributed by atoms with Gasteiger partial charge in [0.15, 0.2) is 5.03 Å². The third-order valence-corrected chi connectivity index (χ3v) is 5.49. The maximum atomic E-state index is 12.8. The van der Waals surface area contributed by atoms with Crippen molar-refractivity contribution >= 4 is 26.7 Å². The molecule has 4 aromatic rings. The van der Waals surface area contributed by atoms with Crippen LogP contribution in [-0.4, -0.2) is 18.2 Å². The molecule has 0 unspecified atom stereocenters. The largest absolute Gasteiger partial charge is 0.423 e. The van der Waals surface area contributed by atoms with E-state index in [1.807, 2.05) is 30.3 Å². The summed E-state index contributed by atoms with van der Waals surface area (Å²) in [6, 6.07) is 18.4. The van der Waals surface area contributed by atoms with Gasteiger partial charge in [-0.3, -0.25) is 9.40 Å². The lowest BCUT2D eigenvalue weighted by atomic mass is 10.2. The Kier molecular flexibility index (Phi) is 4.04. The van der Waals surface area contributed by atoms with E-state index in [0.717, 1.165) is 5.56 Å². The monoisotopic (exact) mass is 381 g/mol. The first-order valence-corrected chi connectivity index (χ1v) is 9.57. The molecule has 4 rings (SSSR count). The smallest absolute Gasteiger partial charge is 0.336 e. The molecule has 2 heterocycles. The summed E-state index contributed by atoms with van der Waals surface area (Å²) in [5.41, 5.74) is 1.68. The molecule has 27 heavy (non-hydrogen) atoms. The van der Waals surface area contributed by atoms with Gasteiger partial charge in [0.2, 0.25) is 0 Å². The zero-order valence-corrected chi connectivity index (χ0v) is 15.1. The van der Waals surface area contributed by atoms with Crippen molar-refractivity contribution < 1.29 is 12.8 Å². The van der Waals surface area contributed by atoms with Gasteiger partial charge >= 0.3 is 5.63 Å². The molecule has 2 aromatic carbocycles. The van der Waals surface area contributed by atoms with E-state index >= 15 is 0 Å². The van der Waals surface area contributed by atoms with Crippen LogP contribution in [0, 0.1) is 0 Å². The van der Waals surface area contributed by atoms with Crippen molar-refractivity contribution in [3.05, 3.63) is 77.2 Å². The van der Waals surface area contributed by atoms with Gasteiger partial charge in [0, 0.05) is 35.8 Å². The Balaban J connectivity index is 1.69. The zero-order valence-electron chi connectivity index (χ0n) is 14.3. The third kappa shape index (κ3) is 3.34. The number of rotatable bonds is 4. The van der Waals surface area contributed by atoms with Crippen LogP contribution >= 0.6 is 0 Å². The summed E-state index contributed by atoms with van der Waals surface area (Å²) in [4.78, 5) is 11.3. The van der Waals surface area contributed by atoms with Crippen molar-refractivity contribution in [3.63, 3.8) is 0 Å². The van der Waals surface area contributed by atoms with E-state index in [1.54, 1.807) is 25.2 Å². The van der Waals surface area contributed by atoms with Gasteiger partial charge in [-0.15, -0.1) is 0 Å². The van der Waals surface area contributed by atoms with Crippen LogP contribution in [0.25, 0.3) is 22.2 Å². The van der Waals surface area contributed by atoms with E-state index in [9.17, 15) is 13.2 Å². The average Bonchev–Trinajstić information content (AvgIpc) is 3.05. The molecule has 0 fully saturated rings. The van der Waals surface area contributed by atoms with Gasteiger partial charge in [-0.1, -0.05) is 30.3 Å². The Labute approximate surface area is 154 Å². The Bertz CT molecular complexity index is 1290. The number of nitrogens with one attached hydrogen (secondary N) is 1. The number of hydrogen-bond donors (Lipinski definition) is 1. The van der Waals surface area contributed by atoms with Crippen LogP contribution in [0.4, 0.5) is 5.69 Å². The third-order valence-electron chi connectivity index (χ3n) is 4.05. The number of sulfonamides is 1. The van der Waals surface area contributed by atoms with Crippen LogP contribution in [0.15, 0.2) is 81.0 Å². The highest BCUT2D eigenvalue weighted by atomic mass is 32.2. The maximum Gasteiger partial charge on any atom is 0.336 e. The molecule has 0 saturated heterocycles. The minimum atomic E-state index is -3.85. The van der Waals surface area contributed by atoms with Crippen LogP contribution in [0.3, 0.4) is 0 Å². The van der Waals surface area contributed by atoms with Gasteiger partial charge in [-0.2, -0.15) is 13.5 Å². The Hall–Kier alpha value is -3.39. The zero-order chi connectivity index (χ0) is 19.0. The molecule has 0 bridgehead atoms. The summed E-state index contributed by atoms with van der Waals surface area (Å²) < 4.78 is 34.5. The highest BCUT2D eigenvalue weighted by Gasteiger charge is 2.21. The topological polar surface area (TPSA) is 94.2 Å². The molecule has 0 atom stereocenters. The lowest BCUT2D eigenvalue weighted by Crippen LogP contribution is -2.16. The highest BCUT2D eigenvalue weighted by Crippen LogP contribution is 2.24. The summed E-state index contributed by atoms with van der Waals surface area (Å²) in [5, 5.41) is 4.95. The van der Waals surface area contributed by atoms with Crippen molar-refractivity contribution in [3.8, 4) is 11.3 Å². The summed E-state index contributed by atoms with van der Waals surface area (Å²) in [6.07, 6.45) is 0. The second-order valence-corrected chi connectivity index (χ2v) is 7.60. The minimum absolute atomic E-state index is 0.0426. The normalized spacial score (nSPS) is 11.6. The second-order valence-electron chi connectivity index (χ2n) is 5.97. The van der Waals surface area contributed by atoms with Crippen molar-refractivity contribution in [2.45, 2.75) is 5.03 Å². The molecule has 1 N–H and O–H groups in total. The molecule has 136 valence electrons.